The number of aliphatic hydroxyl groups excluding tert-OH is 1. The van der Waals surface area contributed by atoms with E-state index < -0.39 is 48.1 Å². The lowest BCUT2D eigenvalue weighted by Gasteiger charge is -2.28. The van der Waals surface area contributed by atoms with E-state index in [4.69, 9.17) is 4.74 Å². The van der Waals surface area contributed by atoms with Crippen LogP contribution in [0.4, 0.5) is 9.59 Å². The number of rotatable bonds is 10. The molecule has 0 saturated heterocycles. The number of ketones is 1. The van der Waals surface area contributed by atoms with Gasteiger partial charge in [-0.1, -0.05) is 50.6 Å². The molecule has 0 saturated carbocycles. The number of ether oxygens (including phenoxy) is 1. The van der Waals surface area contributed by atoms with Crippen LogP contribution in [-0.4, -0.2) is 65.2 Å². The highest BCUT2D eigenvalue weighted by atomic mass is 16.6. The lowest BCUT2D eigenvalue weighted by atomic mass is 9.96. The molecule has 3 atom stereocenters. The summed E-state index contributed by atoms with van der Waals surface area (Å²) < 4.78 is 5.19. The summed E-state index contributed by atoms with van der Waals surface area (Å²) in [6.45, 7) is 7.98. The van der Waals surface area contributed by atoms with Crippen molar-refractivity contribution in [2.75, 3.05) is 13.7 Å². The topological polar surface area (TPSA) is 125 Å². The molecule has 0 spiro atoms. The number of carbonyl (C=O) groups is 4. The Morgan fingerprint density at radius 2 is 1.70 bits per heavy atom. The second-order valence-electron chi connectivity index (χ2n) is 9.06. The summed E-state index contributed by atoms with van der Waals surface area (Å²) >= 11 is 0. The molecule has 1 aromatic rings. The first-order chi connectivity index (χ1) is 15.4. The summed E-state index contributed by atoms with van der Waals surface area (Å²) in [5.41, 5.74) is 0.212. The van der Waals surface area contributed by atoms with E-state index in [-0.39, 0.29) is 5.92 Å². The highest BCUT2D eigenvalue weighted by Gasteiger charge is 2.32. The molecule has 33 heavy (non-hydrogen) atoms. The maximum absolute atomic E-state index is 13.0. The van der Waals surface area contributed by atoms with Gasteiger partial charge >= 0.3 is 12.1 Å². The van der Waals surface area contributed by atoms with Gasteiger partial charge in [0.05, 0.1) is 6.04 Å². The number of amides is 4. The zero-order valence-corrected chi connectivity index (χ0v) is 20.4. The van der Waals surface area contributed by atoms with Crippen LogP contribution in [0.2, 0.25) is 0 Å². The van der Waals surface area contributed by atoms with Crippen LogP contribution in [0.25, 0.3) is 0 Å². The Balaban J connectivity index is 2.91. The van der Waals surface area contributed by atoms with Gasteiger partial charge in [-0.05, 0) is 45.1 Å². The van der Waals surface area contributed by atoms with Crippen LogP contribution in [0, 0.1) is 5.92 Å². The van der Waals surface area contributed by atoms with E-state index in [1.165, 1.54) is 7.05 Å². The Hall–Kier alpha value is -2.94. The van der Waals surface area contributed by atoms with E-state index in [1.54, 1.807) is 27.7 Å². The second-order valence-corrected chi connectivity index (χ2v) is 9.06. The Bertz CT molecular complexity index is 806. The minimum atomic E-state index is -0.988. The first kappa shape index (κ1) is 28.1. The molecule has 9 heteroatoms. The lowest BCUT2D eigenvalue weighted by molar-refractivity contribution is -0.131. The number of nitrogens with one attached hydrogen (secondary N) is 2. The Labute approximate surface area is 195 Å². The van der Waals surface area contributed by atoms with E-state index in [9.17, 15) is 24.3 Å². The number of aryl methyl sites for hydroxylation is 1. The number of Topliss-reactive ketones (excluding diaryl/α,β-unsaturated/α-hetero) is 1. The second kappa shape index (κ2) is 12.9. The number of hydrogen-bond acceptors (Lipinski definition) is 6. The molecule has 1 aromatic carbocycles. The molecule has 4 amide bonds. The maximum atomic E-state index is 13.0. The van der Waals surface area contributed by atoms with E-state index in [0.717, 1.165) is 10.5 Å². The van der Waals surface area contributed by atoms with Crippen LogP contribution in [0.3, 0.4) is 0 Å². The van der Waals surface area contributed by atoms with Crippen LogP contribution in [0.5, 0.6) is 0 Å². The molecule has 184 valence electrons. The zero-order chi connectivity index (χ0) is 25.2. The predicted molar refractivity (Wildman–Crippen MR) is 125 cm³/mol. The minimum Gasteiger partial charge on any atom is -0.443 e. The van der Waals surface area contributed by atoms with Gasteiger partial charge in [0.15, 0.2) is 5.78 Å². The van der Waals surface area contributed by atoms with Gasteiger partial charge in [0.1, 0.15) is 18.2 Å². The number of carbonyl (C=O) groups excluding carboxylic acids is 4. The summed E-state index contributed by atoms with van der Waals surface area (Å²) in [6, 6.07) is 6.79. The van der Waals surface area contributed by atoms with Gasteiger partial charge in [0.2, 0.25) is 5.91 Å². The van der Waals surface area contributed by atoms with Gasteiger partial charge in [0.25, 0.3) is 0 Å². The molecule has 3 unspecified atom stereocenters. The molecule has 0 aliphatic heterocycles. The maximum Gasteiger partial charge on any atom is 0.418 e. The molecule has 3 N–H and O–H groups in total. The van der Waals surface area contributed by atoms with Crippen molar-refractivity contribution in [3.63, 3.8) is 0 Å². The zero-order valence-electron chi connectivity index (χ0n) is 20.4. The Morgan fingerprint density at radius 1 is 1.09 bits per heavy atom. The van der Waals surface area contributed by atoms with E-state index >= 15 is 0 Å². The van der Waals surface area contributed by atoms with Crippen molar-refractivity contribution in [1.29, 1.82) is 0 Å². The SMILES string of the molecule is CCC(C)C(NC(=O)N(C)C(=O)OC(C)(C)C)C(=O)NC(CCc1ccccc1)C(=O)CO. The van der Waals surface area contributed by atoms with Crippen LogP contribution in [0.15, 0.2) is 30.3 Å². The average Bonchev–Trinajstić information content (AvgIpc) is 2.77. The van der Waals surface area contributed by atoms with E-state index in [2.05, 4.69) is 10.6 Å². The molecule has 9 nitrogen and oxygen atoms in total. The molecular formula is C24H37N3O6. The summed E-state index contributed by atoms with van der Waals surface area (Å²) in [6.07, 6.45) is 0.546. The van der Waals surface area contributed by atoms with Crippen molar-refractivity contribution in [2.45, 2.75) is 71.6 Å². The van der Waals surface area contributed by atoms with Crippen molar-refractivity contribution in [3.05, 3.63) is 35.9 Å². The van der Waals surface area contributed by atoms with Crippen LogP contribution in [-0.2, 0) is 20.7 Å². The normalized spacial score (nSPS) is 13.9. The first-order valence-electron chi connectivity index (χ1n) is 11.1. The van der Waals surface area contributed by atoms with Crippen molar-refractivity contribution in [1.82, 2.24) is 15.5 Å². The first-order valence-corrected chi connectivity index (χ1v) is 11.1. The van der Waals surface area contributed by atoms with Gasteiger partial charge in [-0.25, -0.2) is 14.5 Å². The van der Waals surface area contributed by atoms with E-state index in [1.807, 2.05) is 37.3 Å². The molecule has 1 rings (SSSR count). The minimum absolute atomic E-state index is 0.278. The summed E-state index contributed by atoms with van der Waals surface area (Å²) in [7, 11) is 1.26. The Morgan fingerprint density at radius 3 is 2.21 bits per heavy atom. The number of nitrogens with zero attached hydrogens (tertiary/aromatic N) is 1. The van der Waals surface area contributed by atoms with Crippen molar-refractivity contribution in [3.8, 4) is 0 Å². The van der Waals surface area contributed by atoms with Gasteiger partial charge in [-0.3, -0.25) is 9.59 Å². The van der Waals surface area contributed by atoms with Crippen molar-refractivity contribution in [2.24, 2.45) is 5.92 Å². The molecule has 0 aromatic heterocycles. The molecule has 0 bridgehead atoms. The number of benzene rings is 1. The Kier molecular flexibility index (Phi) is 11.0. The third-order valence-corrected chi connectivity index (χ3v) is 5.17. The summed E-state index contributed by atoms with van der Waals surface area (Å²) in [5, 5.41) is 14.6. The summed E-state index contributed by atoms with van der Waals surface area (Å²) in [4.78, 5) is 50.9. The van der Waals surface area contributed by atoms with Gasteiger partial charge in [-0.2, -0.15) is 0 Å². The molecule has 0 heterocycles. The fourth-order valence-electron chi connectivity index (χ4n) is 2.99. The number of hydrogen-bond donors (Lipinski definition) is 3. The van der Waals surface area contributed by atoms with Gasteiger partial charge < -0.3 is 20.5 Å². The number of urea groups is 1. The smallest absolute Gasteiger partial charge is 0.418 e. The third-order valence-electron chi connectivity index (χ3n) is 5.17. The fraction of sp³-hybridized carbons (Fsp3) is 0.583. The summed E-state index contributed by atoms with van der Waals surface area (Å²) in [5.74, 6) is -1.35. The molecule has 0 radical (unpaired) electrons. The number of imide groups is 1. The largest absolute Gasteiger partial charge is 0.443 e. The lowest BCUT2D eigenvalue weighted by Crippen LogP contribution is -2.57. The van der Waals surface area contributed by atoms with E-state index in [0.29, 0.717) is 19.3 Å². The molecular weight excluding hydrogens is 426 g/mol. The quantitative estimate of drug-likeness (QED) is 0.490. The fourth-order valence-corrected chi connectivity index (χ4v) is 2.99. The van der Waals surface area contributed by atoms with Crippen LogP contribution >= 0.6 is 0 Å². The number of aliphatic hydroxyl groups is 1. The average molecular weight is 464 g/mol. The van der Waals surface area contributed by atoms with Crippen molar-refractivity contribution < 1.29 is 29.0 Å². The molecule has 0 fully saturated rings. The van der Waals surface area contributed by atoms with Crippen LogP contribution in [0.1, 0.15) is 53.0 Å². The highest BCUT2D eigenvalue weighted by molar-refractivity contribution is 5.95. The monoisotopic (exact) mass is 463 g/mol. The van der Waals surface area contributed by atoms with Crippen LogP contribution < -0.4 is 10.6 Å². The third kappa shape index (κ3) is 9.61. The van der Waals surface area contributed by atoms with Gasteiger partial charge in [0, 0.05) is 7.05 Å². The highest BCUT2D eigenvalue weighted by Crippen LogP contribution is 2.13. The predicted octanol–water partition coefficient (Wildman–Crippen LogP) is 2.66. The van der Waals surface area contributed by atoms with Crippen molar-refractivity contribution >= 4 is 23.8 Å². The van der Waals surface area contributed by atoms with Gasteiger partial charge in [-0.15, -0.1) is 0 Å². The molecule has 0 aliphatic carbocycles. The standard InChI is InChI=1S/C24H37N3O6/c1-7-16(2)20(26-22(31)27(6)23(32)33-24(3,4)5)21(30)25-18(19(29)15-28)14-13-17-11-9-8-10-12-17/h8-12,16,18,20,28H,7,13-15H2,1-6H3,(H,25,30)(H,26,31). The molecule has 0 aliphatic rings.